The summed E-state index contributed by atoms with van der Waals surface area (Å²) in [4.78, 5) is 24.4. The van der Waals surface area contributed by atoms with Gasteiger partial charge in [-0.3, -0.25) is 4.79 Å². The molecule has 0 heterocycles. The summed E-state index contributed by atoms with van der Waals surface area (Å²) in [6.07, 6.45) is 10.4. The highest BCUT2D eigenvalue weighted by molar-refractivity contribution is 5.79. The van der Waals surface area contributed by atoms with E-state index >= 15 is 0 Å². The minimum absolute atomic E-state index is 0.0375. The van der Waals surface area contributed by atoms with Crippen LogP contribution in [0.3, 0.4) is 0 Å². The van der Waals surface area contributed by atoms with Crippen LogP contribution in [0, 0.1) is 23.7 Å². The summed E-state index contributed by atoms with van der Waals surface area (Å²) in [5.74, 6) is 2.90. The van der Waals surface area contributed by atoms with Gasteiger partial charge in [0.15, 0.2) is 0 Å². The summed E-state index contributed by atoms with van der Waals surface area (Å²) in [7, 11) is 0. The molecular weight excluding hydrogens is 314 g/mol. The van der Waals surface area contributed by atoms with Gasteiger partial charge in [0.25, 0.3) is 0 Å². The lowest BCUT2D eigenvalue weighted by Gasteiger charge is -2.29. The number of fused-ring (bicyclic) bond motifs is 2. The normalized spacial score (nSPS) is 34.1. The molecule has 3 aliphatic rings. The van der Waals surface area contributed by atoms with Crippen LogP contribution in [0.25, 0.3) is 0 Å². The third kappa shape index (κ3) is 5.11. The fraction of sp³-hybridized carbons (Fsp3) is 0.900. The Morgan fingerprint density at radius 1 is 1.04 bits per heavy atom. The van der Waals surface area contributed by atoms with Crippen LogP contribution >= 0.6 is 0 Å². The van der Waals surface area contributed by atoms with Gasteiger partial charge in [-0.15, -0.1) is 0 Å². The maximum Gasteiger partial charge on any atom is 0.315 e. The fourth-order valence-corrected chi connectivity index (χ4v) is 5.30. The largest absolute Gasteiger partial charge is 0.354 e. The molecule has 0 spiro atoms. The van der Waals surface area contributed by atoms with Crippen LogP contribution in [0.5, 0.6) is 0 Å². The molecule has 25 heavy (non-hydrogen) atoms. The van der Waals surface area contributed by atoms with Gasteiger partial charge < -0.3 is 16.0 Å². The smallest absolute Gasteiger partial charge is 0.315 e. The van der Waals surface area contributed by atoms with Crippen molar-refractivity contribution in [2.45, 2.75) is 83.7 Å². The van der Waals surface area contributed by atoms with Crippen molar-refractivity contribution in [1.29, 1.82) is 0 Å². The minimum Gasteiger partial charge on any atom is -0.354 e. The molecule has 5 unspecified atom stereocenters. The standard InChI is InChI=1S/C20H35N3O2/c1-13(2)22-19(24)17-4-3-5-18(12-17)23-20(25)21-9-8-16-11-14-6-7-15(16)10-14/h13-18H,3-12H2,1-2H3,(H,22,24)(H2,21,23,25). The number of urea groups is 1. The zero-order valence-corrected chi connectivity index (χ0v) is 15.9. The fourth-order valence-electron chi connectivity index (χ4n) is 5.30. The molecule has 0 aromatic rings. The lowest BCUT2D eigenvalue weighted by molar-refractivity contribution is -0.126. The summed E-state index contributed by atoms with van der Waals surface area (Å²) >= 11 is 0. The Morgan fingerprint density at radius 2 is 1.88 bits per heavy atom. The molecule has 3 rings (SSSR count). The summed E-state index contributed by atoms with van der Waals surface area (Å²) in [6, 6.07) is 0.243. The molecular formula is C20H35N3O2. The first-order valence-electron chi connectivity index (χ1n) is 10.4. The van der Waals surface area contributed by atoms with Gasteiger partial charge in [-0.05, 0) is 76.5 Å². The number of carbonyl (C=O) groups excluding carboxylic acids is 2. The van der Waals surface area contributed by atoms with Crippen LogP contribution in [0.4, 0.5) is 4.79 Å². The Kier molecular flexibility index (Phi) is 6.24. The van der Waals surface area contributed by atoms with Crippen LogP contribution in [0.1, 0.15) is 71.6 Å². The van der Waals surface area contributed by atoms with Gasteiger partial charge in [-0.2, -0.15) is 0 Å². The van der Waals surface area contributed by atoms with E-state index in [1.165, 1.54) is 25.7 Å². The third-order valence-electron chi connectivity index (χ3n) is 6.50. The molecule has 3 amide bonds. The van der Waals surface area contributed by atoms with E-state index < -0.39 is 0 Å². The molecule has 3 fully saturated rings. The van der Waals surface area contributed by atoms with Crippen molar-refractivity contribution in [2.75, 3.05) is 6.54 Å². The Morgan fingerprint density at radius 3 is 2.56 bits per heavy atom. The number of carbonyl (C=O) groups is 2. The van der Waals surface area contributed by atoms with Gasteiger partial charge in [-0.25, -0.2) is 4.79 Å². The first-order valence-corrected chi connectivity index (χ1v) is 10.4. The topological polar surface area (TPSA) is 70.2 Å². The Balaban J connectivity index is 1.34. The maximum atomic E-state index is 12.2. The molecule has 3 saturated carbocycles. The SMILES string of the molecule is CC(C)NC(=O)C1CCCC(NC(=O)NCCC2CC3CCC2C3)C1. The number of hydrogen-bond acceptors (Lipinski definition) is 2. The highest BCUT2D eigenvalue weighted by Gasteiger charge is 2.38. The number of hydrogen-bond donors (Lipinski definition) is 3. The van der Waals surface area contributed by atoms with Crippen molar-refractivity contribution in [3.8, 4) is 0 Å². The Labute approximate surface area is 152 Å². The number of nitrogens with one attached hydrogen (secondary N) is 3. The highest BCUT2D eigenvalue weighted by Crippen LogP contribution is 2.49. The zero-order valence-electron chi connectivity index (χ0n) is 15.9. The van der Waals surface area contributed by atoms with Gasteiger partial charge in [0, 0.05) is 24.5 Å². The quantitative estimate of drug-likeness (QED) is 0.689. The van der Waals surface area contributed by atoms with Crippen LogP contribution in [0.15, 0.2) is 0 Å². The lowest BCUT2D eigenvalue weighted by atomic mass is 9.85. The van der Waals surface area contributed by atoms with E-state index in [1.807, 2.05) is 13.8 Å². The average Bonchev–Trinajstić information content (AvgIpc) is 3.17. The lowest BCUT2D eigenvalue weighted by Crippen LogP contribution is -2.47. The van der Waals surface area contributed by atoms with E-state index in [4.69, 9.17) is 0 Å². The van der Waals surface area contributed by atoms with Crippen molar-refractivity contribution in [3.63, 3.8) is 0 Å². The van der Waals surface area contributed by atoms with Gasteiger partial charge in [0.05, 0.1) is 0 Å². The molecule has 0 aromatic carbocycles. The van der Waals surface area contributed by atoms with Crippen LogP contribution in [-0.2, 0) is 4.79 Å². The van der Waals surface area contributed by atoms with Gasteiger partial charge in [-0.1, -0.05) is 12.8 Å². The number of amides is 3. The first kappa shape index (κ1) is 18.5. The minimum atomic E-state index is -0.0573. The van der Waals surface area contributed by atoms with Crippen LogP contribution < -0.4 is 16.0 Å². The van der Waals surface area contributed by atoms with E-state index in [9.17, 15) is 9.59 Å². The van der Waals surface area contributed by atoms with E-state index in [2.05, 4.69) is 16.0 Å². The van der Waals surface area contributed by atoms with E-state index in [0.29, 0.717) is 0 Å². The van der Waals surface area contributed by atoms with Crippen molar-refractivity contribution in [3.05, 3.63) is 0 Å². The number of rotatable bonds is 6. The molecule has 5 nitrogen and oxygen atoms in total. The predicted octanol–water partition coefficient (Wildman–Crippen LogP) is 3.20. The van der Waals surface area contributed by atoms with Crippen molar-refractivity contribution in [2.24, 2.45) is 23.7 Å². The maximum absolute atomic E-state index is 12.2. The zero-order chi connectivity index (χ0) is 17.8. The van der Waals surface area contributed by atoms with Crippen molar-refractivity contribution >= 4 is 11.9 Å². The molecule has 5 atom stereocenters. The molecule has 0 radical (unpaired) electrons. The Bertz CT molecular complexity index is 480. The second-order valence-electron chi connectivity index (χ2n) is 8.85. The predicted molar refractivity (Wildman–Crippen MR) is 99.1 cm³/mol. The summed E-state index contributed by atoms with van der Waals surface area (Å²) < 4.78 is 0. The van der Waals surface area contributed by atoms with Gasteiger partial charge in [0.1, 0.15) is 0 Å². The molecule has 2 bridgehead atoms. The molecule has 0 saturated heterocycles. The van der Waals surface area contributed by atoms with Gasteiger partial charge >= 0.3 is 6.03 Å². The molecule has 142 valence electrons. The summed E-state index contributed by atoms with van der Waals surface area (Å²) in [6.45, 7) is 4.75. The second kappa shape index (κ2) is 8.41. The molecule has 0 aromatic heterocycles. The second-order valence-corrected chi connectivity index (χ2v) is 8.85. The summed E-state index contributed by atoms with van der Waals surface area (Å²) in [5, 5.41) is 9.13. The van der Waals surface area contributed by atoms with Crippen LogP contribution in [0.2, 0.25) is 0 Å². The monoisotopic (exact) mass is 349 g/mol. The van der Waals surface area contributed by atoms with Crippen LogP contribution in [-0.4, -0.2) is 30.6 Å². The van der Waals surface area contributed by atoms with E-state index in [1.54, 1.807) is 0 Å². The average molecular weight is 350 g/mol. The van der Waals surface area contributed by atoms with E-state index in [0.717, 1.165) is 56.4 Å². The molecule has 3 aliphatic carbocycles. The van der Waals surface area contributed by atoms with E-state index in [-0.39, 0.29) is 29.9 Å². The Hall–Kier alpha value is -1.26. The third-order valence-corrected chi connectivity index (χ3v) is 6.50. The molecule has 5 heteroatoms. The molecule has 3 N–H and O–H groups in total. The highest BCUT2D eigenvalue weighted by atomic mass is 16.2. The molecule has 0 aliphatic heterocycles. The van der Waals surface area contributed by atoms with Gasteiger partial charge in [0.2, 0.25) is 5.91 Å². The first-order chi connectivity index (χ1) is 12.0. The van der Waals surface area contributed by atoms with Crippen molar-refractivity contribution < 1.29 is 9.59 Å². The summed E-state index contributed by atoms with van der Waals surface area (Å²) in [5.41, 5.74) is 0. The van der Waals surface area contributed by atoms with Crippen molar-refractivity contribution in [1.82, 2.24) is 16.0 Å².